The van der Waals surface area contributed by atoms with Gasteiger partial charge in [-0.05, 0) is 42.5 Å². The first kappa shape index (κ1) is 7.75. The van der Waals surface area contributed by atoms with E-state index in [4.69, 9.17) is 0 Å². The predicted molar refractivity (Wildman–Crippen MR) is 47.8 cm³/mol. The van der Waals surface area contributed by atoms with Crippen LogP contribution in [0.25, 0.3) is 0 Å². The highest BCUT2D eigenvalue weighted by Crippen LogP contribution is 2.19. The van der Waals surface area contributed by atoms with Gasteiger partial charge in [0.25, 0.3) is 0 Å². The number of hydrogen-bond donors (Lipinski definition) is 0. The molecule has 0 aliphatic heterocycles. The fraction of sp³-hybridized carbons (Fsp3) is 0.444. The molecule has 0 aliphatic carbocycles. The van der Waals surface area contributed by atoms with E-state index in [0.29, 0.717) is 0 Å². The Hall–Kier alpha value is -0.350. The number of hydrogen-bond acceptors (Lipinski definition) is 0. The minimum absolute atomic E-state index is 1.18. The van der Waals surface area contributed by atoms with Crippen LogP contribution in [0, 0.1) is 13.8 Å². The molecule has 0 saturated carbocycles. The van der Waals surface area contributed by atoms with Gasteiger partial charge in [-0.2, -0.15) is 0 Å². The van der Waals surface area contributed by atoms with Crippen molar-refractivity contribution in [1.82, 2.24) is 0 Å². The first-order valence-electron chi connectivity index (χ1n) is 3.66. The monoisotopic (exact) mass is 152 g/mol. The van der Waals surface area contributed by atoms with Crippen molar-refractivity contribution in [1.29, 1.82) is 0 Å². The van der Waals surface area contributed by atoms with Crippen molar-refractivity contribution in [3.05, 3.63) is 28.3 Å². The lowest BCUT2D eigenvalue weighted by molar-refractivity contribution is 1.17. The Balaban J connectivity index is 3.04. The molecular formula is C9H13P. The maximum Gasteiger partial charge on any atom is -0.0206 e. The summed E-state index contributed by atoms with van der Waals surface area (Å²) in [4.78, 5) is 0. The van der Waals surface area contributed by atoms with Gasteiger partial charge < -0.3 is 0 Å². The normalized spacial score (nSPS) is 10.7. The van der Waals surface area contributed by atoms with E-state index in [1.165, 1.54) is 31.0 Å². The standard InChI is InChI=1S/C9H13P/c1-4-9-5-7(2)8(3)6-10-9/h5-6H,4H2,1-3H3. The summed E-state index contributed by atoms with van der Waals surface area (Å²) in [6, 6.07) is 2.30. The third-order valence-electron chi connectivity index (χ3n) is 1.79. The van der Waals surface area contributed by atoms with Crippen LogP contribution >= 0.6 is 8.19 Å². The van der Waals surface area contributed by atoms with Gasteiger partial charge in [0, 0.05) is 0 Å². The molecule has 0 fully saturated rings. The van der Waals surface area contributed by atoms with Crippen molar-refractivity contribution < 1.29 is 0 Å². The van der Waals surface area contributed by atoms with Crippen LogP contribution in [0.2, 0.25) is 0 Å². The molecular weight excluding hydrogens is 139 g/mol. The van der Waals surface area contributed by atoms with Crippen LogP contribution in [0.1, 0.15) is 23.3 Å². The lowest BCUT2D eigenvalue weighted by Gasteiger charge is -2.00. The molecule has 0 saturated heterocycles. The third kappa shape index (κ3) is 1.58. The molecule has 0 nitrogen and oxygen atoms in total. The zero-order valence-electron chi connectivity index (χ0n) is 6.81. The van der Waals surface area contributed by atoms with Gasteiger partial charge in [0.2, 0.25) is 0 Å². The van der Waals surface area contributed by atoms with Gasteiger partial charge >= 0.3 is 0 Å². The molecule has 0 aliphatic rings. The molecule has 0 unspecified atom stereocenters. The molecule has 1 rings (SSSR count). The first-order chi connectivity index (χ1) is 4.74. The van der Waals surface area contributed by atoms with Crippen LogP contribution in [-0.4, -0.2) is 0 Å². The smallest absolute Gasteiger partial charge is 0.0206 e. The molecule has 0 spiro atoms. The summed E-state index contributed by atoms with van der Waals surface area (Å²) in [5, 5.41) is 1.53. The average Bonchev–Trinajstić information content (AvgIpc) is 1.95. The molecule has 1 heterocycles. The topological polar surface area (TPSA) is 0 Å². The Bertz CT molecular complexity index is 228. The van der Waals surface area contributed by atoms with Crippen LogP contribution < -0.4 is 0 Å². The second kappa shape index (κ2) is 3.16. The number of rotatable bonds is 1. The lowest BCUT2D eigenvalue weighted by Crippen LogP contribution is -1.80. The summed E-state index contributed by atoms with van der Waals surface area (Å²) in [7, 11) is 1.40. The molecule has 1 aromatic heterocycles. The van der Waals surface area contributed by atoms with Crippen molar-refractivity contribution in [2.24, 2.45) is 0 Å². The van der Waals surface area contributed by atoms with E-state index in [9.17, 15) is 0 Å². The van der Waals surface area contributed by atoms with Crippen LogP contribution in [-0.2, 0) is 6.42 Å². The minimum atomic E-state index is 1.18. The van der Waals surface area contributed by atoms with Crippen molar-refractivity contribution in [3.8, 4) is 0 Å². The highest BCUT2D eigenvalue weighted by atomic mass is 31.0. The summed E-state index contributed by atoms with van der Waals surface area (Å²) in [5.74, 6) is 2.29. The van der Waals surface area contributed by atoms with E-state index in [-0.39, 0.29) is 0 Å². The fourth-order valence-electron chi connectivity index (χ4n) is 0.876. The summed E-state index contributed by atoms with van der Waals surface area (Å²) in [5.41, 5.74) is 2.86. The molecule has 0 N–H and O–H groups in total. The van der Waals surface area contributed by atoms with E-state index >= 15 is 0 Å². The van der Waals surface area contributed by atoms with Crippen molar-refractivity contribution >= 4 is 8.19 Å². The molecule has 10 heavy (non-hydrogen) atoms. The first-order valence-corrected chi connectivity index (χ1v) is 4.62. The minimum Gasteiger partial charge on any atom is -0.0726 e. The summed E-state index contributed by atoms with van der Waals surface area (Å²) >= 11 is 0. The van der Waals surface area contributed by atoms with E-state index < -0.39 is 0 Å². The van der Waals surface area contributed by atoms with Crippen molar-refractivity contribution in [2.75, 3.05) is 0 Å². The van der Waals surface area contributed by atoms with Gasteiger partial charge in [-0.3, -0.25) is 0 Å². The quantitative estimate of drug-likeness (QED) is 0.578. The Kier molecular flexibility index (Phi) is 2.45. The molecule has 1 heteroatoms. The Labute approximate surface area is 64.4 Å². The fourth-order valence-corrected chi connectivity index (χ4v) is 1.89. The molecule has 0 atom stereocenters. The highest BCUT2D eigenvalue weighted by molar-refractivity contribution is 7.30. The molecule has 0 bridgehead atoms. The van der Waals surface area contributed by atoms with Crippen molar-refractivity contribution in [2.45, 2.75) is 27.2 Å². The van der Waals surface area contributed by atoms with Crippen LogP contribution in [0.3, 0.4) is 0 Å². The Morgan fingerprint density at radius 1 is 1.30 bits per heavy atom. The second-order valence-electron chi connectivity index (χ2n) is 2.61. The van der Waals surface area contributed by atoms with Gasteiger partial charge in [0.1, 0.15) is 0 Å². The van der Waals surface area contributed by atoms with E-state index in [0.717, 1.165) is 0 Å². The Morgan fingerprint density at radius 2 is 2.00 bits per heavy atom. The van der Waals surface area contributed by atoms with Gasteiger partial charge in [-0.25, -0.2) is 0 Å². The van der Waals surface area contributed by atoms with Crippen LogP contribution in [0.5, 0.6) is 0 Å². The maximum absolute atomic E-state index is 2.30. The zero-order chi connectivity index (χ0) is 7.56. The molecule has 0 aromatic carbocycles. The second-order valence-corrected chi connectivity index (χ2v) is 3.70. The predicted octanol–water partition coefficient (Wildman–Crippen LogP) is 3.45. The van der Waals surface area contributed by atoms with Gasteiger partial charge in [0.15, 0.2) is 0 Å². The molecule has 1 aromatic rings. The Morgan fingerprint density at radius 3 is 2.50 bits per heavy atom. The summed E-state index contributed by atoms with van der Waals surface area (Å²) in [6.07, 6.45) is 1.18. The van der Waals surface area contributed by atoms with E-state index in [1.54, 1.807) is 0 Å². The van der Waals surface area contributed by atoms with Gasteiger partial charge in [-0.1, -0.05) is 21.2 Å². The highest BCUT2D eigenvalue weighted by Gasteiger charge is 1.92. The summed E-state index contributed by atoms with van der Waals surface area (Å²) < 4.78 is 0. The van der Waals surface area contributed by atoms with Crippen molar-refractivity contribution in [3.63, 3.8) is 0 Å². The lowest BCUT2D eigenvalue weighted by atomic mass is 10.2. The van der Waals surface area contributed by atoms with Crippen LogP contribution in [0.4, 0.5) is 0 Å². The number of aryl methyl sites for hydroxylation is 3. The maximum atomic E-state index is 2.30. The largest absolute Gasteiger partial charge is 0.0726 e. The average molecular weight is 152 g/mol. The van der Waals surface area contributed by atoms with Gasteiger partial charge in [-0.15, -0.1) is 0 Å². The van der Waals surface area contributed by atoms with Crippen LogP contribution in [0.15, 0.2) is 11.9 Å². The molecule has 0 radical (unpaired) electrons. The SMILES string of the molecule is CCc1cc(C)c(C)cp1. The van der Waals surface area contributed by atoms with E-state index in [1.807, 2.05) is 0 Å². The van der Waals surface area contributed by atoms with Gasteiger partial charge in [0.05, 0.1) is 0 Å². The molecule has 0 amide bonds. The zero-order valence-corrected chi connectivity index (χ0v) is 7.70. The molecule has 54 valence electrons. The van der Waals surface area contributed by atoms with E-state index in [2.05, 4.69) is 32.6 Å². The summed E-state index contributed by atoms with van der Waals surface area (Å²) in [6.45, 7) is 6.56. The third-order valence-corrected chi connectivity index (χ3v) is 3.08.